The number of aromatic hydroxyl groups is 1. The number of phenols is 1. The van der Waals surface area contributed by atoms with E-state index in [4.69, 9.17) is 19.9 Å². The normalized spacial score (nSPS) is 26.9. The SMILES string of the molecule is CCC(NC(=O)COCCOCCNC(=O)C1=CC2C(C=C1)C(=O)OC21c2ccc(O)cc2CC2C=C(O)C=CC21)C(N)=O. The van der Waals surface area contributed by atoms with Crippen LogP contribution in [-0.2, 0) is 45.4 Å². The summed E-state index contributed by atoms with van der Waals surface area (Å²) >= 11 is 0. The first-order chi connectivity index (χ1) is 21.1. The van der Waals surface area contributed by atoms with Gasteiger partial charge in [0.25, 0.3) is 5.91 Å². The van der Waals surface area contributed by atoms with Crippen molar-refractivity contribution in [2.45, 2.75) is 31.4 Å². The summed E-state index contributed by atoms with van der Waals surface area (Å²) in [5.41, 5.74) is 6.09. The number of nitrogens with one attached hydrogen (secondary N) is 2. The fourth-order valence-corrected chi connectivity index (χ4v) is 6.54. The molecule has 234 valence electrons. The number of carbonyl (C=O) groups is 4. The first kappa shape index (κ1) is 31.0. The minimum absolute atomic E-state index is 0.0986. The average molecular weight is 608 g/mol. The second-order valence-corrected chi connectivity index (χ2v) is 11.3. The fourth-order valence-electron chi connectivity index (χ4n) is 6.54. The lowest BCUT2D eigenvalue weighted by atomic mass is 9.58. The molecule has 0 bridgehead atoms. The number of primary amides is 1. The van der Waals surface area contributed by atoms with Crippen molar-refractivity contribution >= 4 is 23.7 Å². The van der Waals surface area contributed by atoms with Crippen LogP contribution < -0.4 is 16.4 Å². The maximum atomic E-state index is 13.2. The molecule has 1 heterocycles. The maximum Gasteiger partial charge on any atom is 0.314 e. The highest BCUT2D eigenvalue weighted by molar-refractivity contribution is 5.97. The summed E-state index contributed by atoms with van der Waals surface area (Å²) < 4.78 is 17.0. The number of ether oxygens (including phenoxy) is 3. The van der Waals surface area contributed by atoms with Gasteiger partial charge in [0, 0.05) is 29.5 Å². The topological polar surface area (TPSA) is 187 Å². The zero-order chi connectivity index (χ0) is 31.4. The molecule has 1 aromatic rings. The zero-order valence-electron chi connectivity index (χ0n) is 24.4. The number of esters is 1. The Morgan fingerprint density at radius 3 is 2.66 bits per heavy atom. The van der Waals surface area contributed by atoms with E-state index in [1.54, 1.807) is 55.5 Å². The Bertz CT molecular complexity index is 1450. The molecule has 1 fully saturated rings. The van der Waals surface area contributed by atoms with Crippen molar-refractivity contribution in [1.82, 2.24) is 10.6 Å². The number of allylic oxidation sites excluding steroid dienone is 2. The number of phenolic OH excluding ortho intramolecular Hbond substituents is 1. The summed E-state index contributed by atoms with van der Waals surface area (Å²) in [4.78, 5) is 49.4. The minimum Gasteiger partial charge on any atom is -0.508 e. The first-order valence-corrected chi connectivity index (χ1v) is 14.7. The molecule has 0 aromatic heterocycles. The second kappa shape index (κ2) is 13.1. The Morgan fingerprint density at radius 1 is 1.09 bits per heavy atom. The smallest absolute Gasteiger partial charge is 0.314 e. The molecule has 1 saturated heterocycles. The van der Waals surface area contributed by atoms with Gasteiger partial charge in [-0.15, -0.1) is 0 Å². The highest BCUT2D eigenvalue weighted by Gasteiger charge is 2.62. The molecule has 5 rings (SSSR count). The molecule has 1 aromatic carbocycles. The van der Waals surface area contributed by atoms with Crippen molar-refractivity contribution < 1.29 is 43.6 Å². The van der Waals surface area contributed by atoms with Crippen LogP contribution in [0.4, 0.5) is 0 Å². The van der Waals surface area contributed by atoms with Gasteiger partial charge in [0.05, 0.1) is 25.7 Å². The van der Waals surface area contributed by atoms with Crippen LogP contribution in [0.3, 0.4) is 0 Å². The van der Waals surface area contributed by atoms with Crippen LogP contribution in [0.1, 0.15) is 24.5 Å². The van der Waals surface area contributed by atoms with Gasteiger partial charge in [0.15, 0.2) is 5.60 Å². The Morgan fingerprint density at radius 2 is 1.89 bits per heavy atom. The average Bonchev–Trinajstić information content (AvgIpc) is 3.28. The van der Waals surface area contributed by atoms with E-state index in [2.05, 4.69) is 10.6 Å². The largest absolute Gasteiger partial charge is 0.508 e. The molecule has 12 nitrogen and oxygen atoms in total. The summed E-state index contributed by atoms with van der Waals surface area (Å²) in [5, 5.41) is 25.7. The first-order valence-electron chi connectivity index (χ1n) is 14.7. The predicted molar refractivity (Wildman–Crippen MR) is 157 cm³/mol. The molecule has 6 unspecified atom stereocenters. The van der Waals surface area contributed by atoms with Crippen LogP contribution >= 0.6 is 0 Å². The molecule has 12 heteroatoms. The van der Waals surface area contributed by atoms with Gasteiger partial charge in [-0.25, -0.2) is 0 Å². The molecule has 4 aliphatic rings. The lowest BCUT2D eigenvalue weighted by Crippen LogP contribution is -2.48. The standard InChI is InChI=1S/C32H37N3O9/c1-2-27(29(33)39)35-28(38)17-43-12-11-42-10-9-34-30(40)18-3-6-23-26(16-18)32(44-31(23)41)24-7-4-21(36)14-19(24)13-20-15-22(37)5-8-25(20)32/h3-8,14-16,19,23-24,26-27,36-37H,2,9-13,17H2,1H3,(H2,33,39)(H,34,40)(H,35,38). The number of aliphatic hydroxyl groups excluding tert-OH is 1. The Labute approximate surface area is 254 Å². The van der Waals surface area contributed by atoms with E-state index in [9.17, 15) is 29.4 Å². The summed E-state index contributed by atoms with van der Waals surface area (Å²) in [6.45, 7) is 2.26. The van der Waals surface area contributed by atoms with E-state index in [1.165, 1.54) is 0 Å². The molecule has 3 amide bonds. The monoisotopic (exact) mass is 607 g/mol. The molecule has 1 spiro atoms. The van der Waals surface area contributed by atoms with E-state index in [-0.39, 0.29) is 68.2 Å². The Balaban J connectivity index is 1.18. The van der Waals surface area contributed by atoms with Crippen molar-refractivity contribution in [2.75, 3.05) is 33.0 Å². The lowest BCUT2D eigenvalue weighted by Gasteiger charge is -2.47. The van der Waals surface area contributed by atoms with Crippen LogP contribution in [-0.4, -0.2) is 72.9 Å². The van der Waals surface area contributed by atoms with Gasteiger partial charge < -0.3 is 40.8 Å². The number of hydrogen-bond acceptors (Lipinski definition) is 9. The molecule has 0 radical (unpaired) electrons. The number of nitrogens with two attached hydrogens (primary N) is 1. The quantitative estimate of drug-likeness (QED) is 0.172. The number of amides is 3. The van der Waals surface area contributed by atoms with Gasteiger partial charge >= 0.3 is 5.97 Å². The van der Waals surface area contributed by atoms with Crippen molar-refractivity contribution in [3.63, 3.8) is 0 Å². The second-order valence-electron chi connectivity index (χ2n) is 11.3. The van der Waals surface area contributed by atoms with Crippen molar-refractivity contribution in [3.8, 4) is 5.75 Å². The maximum absolute atomic E-state index is 13.2. The van der Waals surface area contributed by atoms with Crippen molar-refractivity contribution in [3.05, 3.63) is 77.1 Å². The molecular weight excluding hydrogens is 570 g/mol. The third kappa shape index (κ3) is 6.13. The van der Waals surface area contributed by atoms with Gasteiger partial charge in [-0.1, -0.05) is 37.3 Å². The molecular formula is C32H37N3O9. The third-order valence-corrected chi connectivity index (χ3v) is 8.53. The molecule has 3 aliphatic carbocycles. The molecule has 6 atom stereocenters. The number of rotatable bonds is 12. The number of benzene rings is 1. The summed E-state index contributed by atoms with van der Waals surface area (Å²) in [5.74, 6) is -3.07. The van der Waals surface area contributed by atoms with E-state index in [0.717, 1.165) is 11.1 Å². The van der Waals surface area contributed by atoms with Gasteiger partial charge in [0.1, 0.15) is 24.2 Å². The molecule has 0 saturated carbocycles. The minimum atomic E-state index is -1.12. The van der Waals surface area contributed by atoms with E-state index in [0.29, 0.717) is 18.4 Å². The molecule has 1 aliphatic heterocycles. The lowest BCUT2D eigenvalue weighted by molar-refractivity contribution is -0.157. The summed E-state index contributed by atoms with van der Waals surface area (Å²) in [6.07, 6.45) is 11.3. The number of hydrogen-bond donors (Lipinski definition) is 5. The van der Waals surface area contributed by atoms with Crippen molar-refractivity contribution in [2.24, 2.45) is 29.4 Å². The number of carbonyl (C=O) groups excluding carboxylic acids is 4. The van der Waals surface area contributed by atoms with Gasteiger partial charge in [-0.2, -0.15) is 0 Å². The zero-order valence-corrected chi connectivity index (χ0v) is 24.4. The predicted octanol–water partition coefficient (Wildman–Crippen LogP) is 1.20. The number of aliphatic hydroxyl groups is 1. The Kier molecular flexibility index (Phi) is 9.21. The Hall–Kier alpha value is -4.42. The van der Waals surface area contributed by atoms with E-state index in [1.807, 2.05) is 6.08 Å². The highest BCUT2D eigenvalue weighted by Crippen LogP contribution is 2.59. The molecule has 6 N–H and O–H groups in total. The van der Waals surface area contributed by atoms with Crippen molar-refractivity contribution in [1.29, 1.82) is 0 Å². The molecule has 44 heavy (non-hydrogen) atoms. The highest BCUT2D eigenvalue weighted by atomic mass is 16.6. The van der Waals surface area contributed by atoms with Crippen LogP contribution in [0.25, 0.3) is 0 Å². The van der Waals surface area contributed by atoms with E-state index >= 15 is 0 Å². The van der Waals surface area contributed by atoms with Gasteiger partial charge in [-0.05, 0) is 48.6 Å². The fraction of sp³-hybridized carbons (Fsp3) is 0.438. The third-order valence-electron chi connectivity index (χ3n) is 8.53. The van der Waals surface area contributed by atoms with Crippen LogP contribution in [0, 0.1) is 23.7 Å². The van der Waals surface area contributed by atoms with Gasteiger partial charge in [-0.3, -0.25) is 19.2 Å². The number of fused-ring (bicyclic) bond motifs is 6. The summed E-state index contributed by atoms with van der Waals surface area (Å²) in [7, 11) is 0. The van der Waals surface area contributed by atoms with Crippen LogP contribution in [0.2, 0.25) is 0 Å². The van der Waals surface area contributed by atoms with E-state index < -0.39 is 35.3 Å². The van der Waals surface area contributed by atoms with Gasteiger partial charge in [0.2, 0.25) is 11.8 Å². The summed E-state index contributed by atoms with van der Waals surface area (Å²) in [6, 6.07) is 4.28. The van der Waals surface area contributed by atoms with Crippen LogP contribution in [0.5, 0.6) is 5.75 Å². The van der Waals surface area contributed by atoms with Crippen LogP contribution in [0.15, 0.2) is 66.0 Å².